The topological polar surface area (TPSA) is 77.7 Å². The zero-order valence-electron chi connectivity index (χ0n) is 16.5. The molecule has 1 amide bonds. The Kier molecular flexibility index (Phi) is 5.46. The van der Waals surface area contributed by atoms with E-state index in [9.17, 15) is 4.79 Å². The van der Waals surface area contributed by atoms with Crippen LogP contribution in [0.15, 0.2) is 53.1 Å². The summed E-state index contributed by atoms with van der Waals surface area (Å²) in [6.45, 7) is 1.26. The molecule has 3 aromatic rings. The van der Waals surface area contributed by atoms with Gasteiger partial charge < -0.3 is 18.9 Å². The number of amides is 1. The van der Waals surface area contributed by atoms with Crippen molar-refractivity contribution >= 4 is 5.91 Å². The Morgan fingerprint density at radius 3 is 2.66 bits per heavy atom. The van der Waals surface area contributed by atoms with Crippen molar-refractivity contribution in [2.75, 3.05) is 27.3 Å². The van der Waals surface area contributed by atoms with Gasteiger partial charge in [0.25, 0.3) is 5.91 Å². The molecule has 1 aliphatic heterocycles. The Morgan fingerprint density at radius 1 is 1.10 bits per heavy atom. The van der Waals surface area contributed by atoms with Crippen molar-refractivity contribution in [1.82, 2.24) is 15.0 Å². The van der Waals surface area contributed by atoms with E-state index in [4.69, 9.17) is 14.0 Å². The zero-order valence-corrected chi connectivity index (χ0v) is 16.5. The second-order valence-electron chi connectivity index (χ2n) is 7.01. The van der Waals surface area contributed by atoms with Gasteiger partial charge in [-0.05, 0) is 43.2 Å². The molecule has 2 heterocycles. The Bertz CT molecular complexity index is 1000. The molecule has 1 aliphatic rings. The predicted octanol–water partition coefficient (Wildman–Crippen LogP) is 3.77. The molecule has 150 valence electrons. The Hall–Kier alpha value is -3.35. The largest absolute Gasteiger partial charge is 0.497 e. The van der Waals surface area contributed by atoms with Crippen molar-refractivity contribution in [1.29, 1.82) is 0 Å². The Labute approximate surface area is 169 Å². The SMILES string of the molecule is COc1cccc(C(=O)N2CCC[C@@H](c3nc(-c4cccc(OC)c4)no3)C2)c1. The highest BCUT2D eigenvalue weighted by Crippen LogP contribution is 2.29. The zero-order chi connectivity index (χ0) is 20.2. The van der Waals surface area contributed by atoms with Crippen LogP contribution in [0.1, 0.15) is 35.0 Å². The number of hydrogen-bond donors (Lipinski definition) is 0. The minimum atomic E-state index is -0.0128. The first-order valence-corrected chi connectivity index (χ1v) is 9.59. The summed E-state index contributed by atoms with van der Waals surface area (Å²) in [5.74, 6) is 2.50. The van der Waals surface area contributed by atoms with Gasteiger partial charge in [-0.1, -0.05) is 23.4 Å². The maximum absolute atomic E-state index is 12.9. The first-order chi connectivity index (χ1) is 14.2. The normalized spacial score (nSPS) is 16.5. The molecule has 4 rings (SSSR count). The van der Waals surface area contributed by atoms with Crippen LogP contribution in [0.4, 0.5) is 0 Å². The highest BCUT2D eigenvalue weighted by molar-refractivity contribution is 5.94. The number of benzene rings is 2. The van der Waals surface area contributed by atoms with Crippen molar-refractivity contribution < 1.29 is 18.8 Å². The molecule has 1 fully saturated rings. The van der Waals surface area contributed by atoms with Gasteiger partial charge in [0.2, 0.25) is 11.7 Å². The van der Waals surface area contributed by atoms with Gasteiger partial charge in [0.1, 0.15) is 11.5 Å². The van der Waals surface area contributed by atoms with Gasteiger partial charge in [-0.25, -0.2) is 0 Å². The molecule has 2 aromatic carbocycles. The summed E-state index contributed by atoms with van der Waals surface area (Å²) in [4.78, 5) is 19.4. The van der Waals surface area contributed by atoms with Gasteiger partial charge in [0, 0.05) is 24.2 Å². The molecule has 0 radical (unpaired) electrons. The van der Waals surface area contributed by atoms with E-state index in [-0.39, 0.29) is 11.8 Å². The third-order valence-electron chi connectivity index (χ3n) is 5.14. The van der Waals surface area contributed by atoms with Crippen LogP contribution in [0, 0.1) is 0 Å². The highest BCUT2D eigenvalue weighted by Gasteiger charge is 2.29. The van der Waals surface area contributed by atoms with Crippen molar-refractivity contribution in [2.24, 2.45) is 0 Å². The quantitative estimate of drug-likeness (QED) is 0.657. The minimum absolute atomic E-state index is 0.0128. The summed E-state index contributed by atoms with van der Waals surface area (Å²) >= 11 is 0. The number of ether oxygens (including phenoxy) is 2. The molecule has 1 atom stereocenters. The van der Waals surface area contributed by atoms with Gasteiger partial charge >= 0.3 is 0 Å². The van der Waals surface area contributed by atoms with Gasteiger partial charge in [-0.15, -0.1) is 0 Å². The van der Waals surface area contributed by atoms with E-state index in [2.05, 4.69) is 10.1 Å². The lowest BCUT2D eigenvalue weighted by molar-refractivity contribution is 0.0695. The van der Waals surface area contributed by atoms with E-state index in [0.29, 0.717) is 36.1 Å². The number of aromatic nitrogens is 2. The van der Waals surface area contributed by atoms with Crippen LogP contribution in [0.5, 0.6) is 11.5 Å². The number of carbonyl (C=O) groups excluding carboxylic acids is 1. The van der Waals surface area contributed by atoms with Crippen LogP contribution in [-0.4, -0.2) is 48.3 Å². The minimum Gasteiger partial charge on any atom is -0.497 e. The Balaban J connectivity index is 1.50. The number of carbonyl (C=O) groups is 1. The molecule has 0 N–H and O–H groups in total. The van der Waals surface area contributed by atoms with Crippen LogP contribution in [0.2, 0.25) is 0 Å². The number of methoxy groups -OCH3 is 2. The van der Waals surface area contributed by atoms with E-state index in [0.717, 1.165) is 24.2 Å². The maximum Gasteiger partial charge on any atom is 0.254 e. The summed E-state index contributed by atoms with van der Waals surface area (Å²) in [6, 6.07) is 14.8. The van der Waals surface area contributed by atoms with Crippen LogP contribution in [0.25, 0.3) is 11.4 Å². The van der Waals surface area contributed by atoms with E-state index in [1.54, 1.807) is 20.3 Å². The maximum atomic E-state index is 12.9. The fraction of sp³-hybridized carbons (Fsp3) is 0.318. The van der Waals surface area contributed by atoms with Crippen LogP contribution in [-0.2, 0) is 0 Å². The summed E-state index contributed by atoms with van der Waals surface area (Å²) in [6.07, 6.45) is 1.79. The number of hydrogen-bond acceptors (Lipinski definition) is 6. The van der Waals surface area contributed by atoms with Crippen LogP contribution in [0.3, 0.4) is 0 Å². The molecule has 0 saturated carbocycles. The molecule has 0 bridgehead atoms. The standard InChI is InChI=1S/C22H23N3O4/c1-27-18-9-3-6-15(12-18)20-23-21(29-24-20)17-8-5-11-25(14-17)22(26)16-7-4-10-19(13-16)28-2/h3-4,6-7,9-10,12-13,17H,5,8,11,14H2,1-2H3/t17-/m1/s1. The molecule has 1 aromatic heterocycles. The van der Waals surface area contributed by atoms with Gasteiger partial charge in [0.15, 0.2) is 0 Å². The molecule has 0 spiro atoms. The van der Waals surface area contributed by atoms with Crippen molar-refractivity contribution in [3.8, 4) is 22.9 Å². The highest BCUT2D eigenvalue weighted by atomic mass is 16.5. The predicted molar refractivity (Wildman–Crippen MR) is 107 cm³/mol. The number of piperidine rings is 1. The molecule has 7 nitrogen and oxygen atoms in total. The smallest absolute Gasteiger partial charge is 0.254 e. The van der Waals surface area contributed by atoms with E-state index < -0.39 is 0 Å². The summed E-state index contributed by atoms with van der Waals surface area (Å²) < 4.78 is 16.0. The second kappa shape index (κ2) is 8.34. The molecule has 7 heteroatoms. The average Bonchev–Trinajstić information content (AvgIpc) is 3.29. The molecule has 0 unspecified atom stereocenters. The summed E-state index contributed by atoms with van der Waals surface area (Å²) in [5.41, 5.74) is 1.45. The fourth-order valence-electron chi connectivity index (χ4n) is 3.58. The molecular formula is C22H23N3O4. The van der Waals surface area contributed by atoms with Crippen LogP contribution >= 0.6 is 0 Å². The monoisotopic (exact) mass is 393 g/mol. The van der Waals surface area contributed by atoms with Crippen molar-refractivity contribution in [3.05, 3.63) is 60.0 Å². The Morgan fingerprint density at radius 2 is 1.86 bits per heavy atom. The third kappa shape index (κ3) is 4.08. The average molecular weight is 393 g/mol. The summed E-state index contributed by atoms with van der Waals surface area (Å²) in [7, 11) is 3.21. The lowest BCUT2D eigenvalue weighted by Gasteiger charge is -2.31. The lowest BCUT2D eigenvalue weighted by atomic mass is 9.97. The number of likely N-dealkylation sites (tertiary alicyclic amines) is 1. The second-order valence-corrected chi connectivity index (χ2v) is 7.01. The van der Waals surface area contributed by atoms with E-state index in [1.165, 1.54) is 0 Å². The first-order valence-electron chi connectivity index (χ1n) is 9.59. The van der Waals surface area contributed by atoms with Gasteiger partial charge in [-0.2, -0.15) is 4.98 Å². The molecular weight excluding hydrogens is 370 g/mol. The lowest BCUT2D eigenvalue weighted by Crippen LogP contribution is -2.39. The van der Waals surface area contributed by atoms with Crippen molar-refractivity contribution in [2.45, 2.75) is 18.8 Å². The number of nitrogens with zero attached hydrogens (tertiary/aromatic N) is 3. The first kappa shape index (κ1) is 19.0. The van der Waals surface area contributed by atoms with Gasteiger partial charge in [0.05, 0.1) is 20.1 Å². The third-order valence-corrected chi connectivity index (χ3v) is 5.14. The number of rotatable bonds is 5. The van der Waals surface area contributed by atoms with E-state index >= 15 is 0 Å². The van der Waals surface area contributed by atoms with E-state index in [1.807, 2.05) is 47.4 Å². The molecule has 0 aliphatic carbocycles. The summed E-state index contributed by atoms with van der Waals surface area (Å²) in [5, 5.41) is 4.13. The van der Waals surface area contributed by atoms with Crippen LogP contribution < -0.4 is 9.47 Å². The van der Waals surface area contributed by atoms with Crippen molar-refractivity contribution in [3.63, 3.8) is 0 Å². The van der Waals surface area contributed by atoms with Gasteiger partial charge in [-0.3, -0.25) is 4.79 Å². The molecule has 1 saturated heterocycles. The fourth-order valence-corrected chi connectivity index (χ4v) is 3.58. The molecule has 29 heavy (non-hydrogen) atoms.